The Morgan fingerprint density at radius 3 is 2.44 bits per heavy atom. The van der Waals surface area contributed by atoms with Crippen molar-refractivity contribution in [1.82, 2.24) is 16.0 Å². The molecule has 0 unspecified atom stereocenters. The van der Waals surface area contributed by atoms with Crippen LogP contribution in [0.1, 0.15) is 12.8 Å². The van der Waals surface area contributed by atoms with Crippen molar-refractivity contribution >= 4 is 17.9 Å². The number of rotatable bonds is 6. The van der Waals surface area contributed by atoms with Gasteiger partial charge in [0.05, 0.1) is 12.6 Å². The second-order valence-electron chi connectivity index (χ2n) is 4.02. The molecule has 0 bridgehead atoms. The molecule has 1 fully saturated rings. The summed E-state index contributed by atoms with van der Waals surface area (Å²) in [6, 6.07) is -0.378. The zero-order valence-electron chi connectivity index (χ0n) is 10.1. The number of methoxy groups -OCH3 is 1. The molecule has 0 aliphatic heterocycles. The molecule has 0 aromatic rings. The number of aliphatic carboxylic acids is 1. The number of ether oxygens (including phenoxy) is 1. The summed E-state index contributed by atoms with van der Waals surface area (Å²) < 4.78 is 5.06. The monoisotopic (exact) mass is 259 g/mol. The lowest BCUT2D eigenvalue weighted by atomic mass is 9.89. The summed E-state index contributed by atoms with van der Waals surface area (Å²) >= 11 is 0. The number of amides is 3. The van der Waals surface area contributed by atoms with Gasteiger partial charge in [0.25, 0.3) is 0 Å². The van der Waals surface area contributed by atoms with Gasteiger partial charge >= 0.3 is 12.0 Å². The molecule has 1 rings (SSSR count). The molecular weight excluding hydrogens is 242 g/mol. The molecule has 102 valence electrons. The molecule has 0 atom stereocenters. The first-order chi connectivity index (χ1) is 8.51. The Bertz CT molecular complexity index is 327. The Kier molecular flexibility index (Phi) is 5.37. The van der Waals surface area contributed by atoms with Gasteiger partial charge < -0.3 is 25.8 Å². The maximum Gasteiger partial charge on any atom is 0.322 e. The molecular formula is C10H17N3O5. The molecule has 8 nitrogen and oxygen atoms in total. The number of hydrogen-bond acceptors (Lipinski definition) is 4. The molecule has 1 aliphatic rings. The van der Waals surface area contributed by atoms with Gasteiger partial charge in [-0.15, -0.1) is 0 Å². The van der Waals surface area contributed by atoms with Crippen molar-refractivity contribution in [2.45, 2.75) is 25.0 Å². The normalized spacial score (nSPS) is 21.6. The summed E-state index contributed by atoms with van der Waals surface area (Å²) in [5, 5.41) is 15.5. The minimum absolute atomic E-state index is 0.0667. The topological polar surface area (TPSA) is 117 Å². The largest absolute Gasteiger partial charge is 0.480 e. The fraction of sp³-hybridized carbons (Fsp3) is 0.700. The number of carboxylic acid groups (broad SMARTS) is 1. The van der Waals surface area contributed by atoms with Crippen LogP contribution < -0.4 is 16.0 Å². The molecule has 0 heterocycles. The third-order valence-corrected chi connectivity index (χ3v) is 2.61. The summed E-state index contributed by atoms with van der Waals surface area (Å²) in [5.41, 5.74) is 0. The molecule has 0 spiro atoms. The summed E-state index contributed by atoms with van der Waals surface area (Å²) in [5.74, 6) is -1.68. The van der Waals surface area contributed by atoms with E-state index in [0.717, 1.165) is 12.8 Å². The van der Waals surface area contributed by atoms with E-state index in [1.54, 1.807) is 7.11 Å². The minimum atomic E-state index is -1.13. The molecule has 0 saturated heterocycles. The van der Waals surface area contributed by atoms with Gasteiger partial charge in [-0.3, -0.25) is 9.59 Å². The molecule has 0 aromatic carbocycles. The molecule has 8 heteroatoms. The van der Waals surface area contributed by atoms with Gasteiger partial charge in [0, 0.05) is 13.2 Å². The van der Waals surface area contributed by atoms with Crippen molar-refractivity contribution < 1.29 is 24.2 Å². The van der Waals surface area contributed by atoms with Crippen molar-refractivity contribution in [1.29, 1.82) is 0 Å². The Morgan fingerprint density at radius 1 is 1.22 bits per heavy atom. The van der Waals surface area contributed by atoms with Crippen molar-refractivity contribution in [2.75, 3.05) is 20.2 Å². The first-order valence-corrected chi connectivity index (χ1v) is 5.57. The van der Waals surface area contributed by atoms with E-state index >= 15 is 0 Å². The lowest BCUT2D eigenvalue weighted by Crippen LogP contribution is -2.52. The predicted molar refractivity (Wildman–Crippen MR) is 61.0 cm³/mol. The molecule has 0 radical (unpaired) electrons. The highest BCUT2D eigenvalue weighted by atomic mass is 16.5. The van der Waals surface area contributed by atoms with Crippen molar-refractivity contribution in [3.8, 4) is 0 Å². The molecule has 1 saturated carbocycles. The SMILES string of the molecule is COC1CC(NC(=O)NCC(=O)NCC(=O)O)C1. The highest BCUT2D eigenvalue weighted by Crippen LogP contribution is 2.22. The zero-order chi connectivity index (χ0) is 13.5. The summed E-state index contributed by atoms with van der Waals surface area (Å²) in [7, 11) is 1.62. The van der Waals surface area contributed by atoms with E-state index in [1.807, 2.05) is 0 Å². The van der Waals surface area contributed by atoms with E-state index in [1.165, 1.54) is 0 Å². The van der Waals surface area contributed by atoms with Gasteiger partial charge in [-0.1, -0.05) is 0 Å². The zero-order valence-corrected chi connectivity index (χ0v) is 10.1. The molecule has 1 aliphatic carbocycles. The van der Waals surface area contributed by atoms with E-state index in [9.17, 15) is 14.4 Å². The van der Waals surface area contributed by atoms with Crippen LogP contribution in [0.2, 0.25) is 0 Å². The smallest absolute Gasteiger partial charge is 0.322 e. The second-order valence-corrected chi connectivity index (χ2v) is 4.02. The van der Waals surface area contributed by atoms with E-state index in [-0.39, 0.29) is 18.7 Å². The summed E-state index contributed by atoms with van der Waals surface area (Å²) in [6.07, 6.45) is 1.71. The number of urea groups is 1. The highest BCUT2D eigenvalue weighted by molar-refractivity contribution is 5.86. The second kappa shape index (κ2) is 6.80. The van der Waals surface area contributed by atoms with Crippen LogP contribution >= 0.6 is 0 Å². The predicted octanol–water partition coefficient (Wildman–Crippen LogP) is -1.34. The minimum Gasteiger partial charge on any atom is -0.480 e. The molecule has 3 amide bonds. The van der Waals surface area contributed by atoms with Crippen LogP contribution in [0, 0.1) is 0 Å². The van der Waals surface area contributed by atoms with Crippen LogP contribution in [-0.4, -0.2) is 55.4 Å². The fourth-order valence-corrected chi connectivity index (χ4v) is 1.51. The summed E-state index contributed by atoms with van der Waals surface area (Å²) in [6.45, 7) is -0.709. The van der Waals surface area contributed by atoms with E-state index in [4.69, 9.17) is 9.84 Å². The van der Waals surface area contributed by atoms with Gasteiger partial charge in [-0.2, -0.15) is 0 Å². The Balaban J connectivity index is 2.06. The van der Waals surface area contributed by atoms with Gasteiger partial charge in [0.15, 0.2) is 0 Å². The Hall–Kier alpha value is -1.83. The highest BCUT2D eigenvalue weighted by Gasteiger charge is 2.30. The van der Waals surface area contributed by atoms with Crippen molar-refractivity contribution in [3.05, 3.63) is 0 Å². The lowest BCUT2D eigenvalue weighted by molar-refractivity contribution is -0.137. The van der Waals surface area contributed by atoms with Gasteiger partial charge in [0.1, 0.15) is 6.54 Å². The van der Waals surface area contributed by atoms with E-state index < -0.39 is 24.5 Å². The third-order valence-electron chi connectivity index (χ3n) is 2.61. The van der Waals surface area contributed by atoms with E-state index in [0.29, 0.717) is 0 Å². The van der Waals surface area contributed by atoms with Crippen molar-refractivity contribution in [3.63, 3.8) is 0 Å². The Morgan fingerprint density at radius 2 is 1.89 bits per heavy atom. The first-order valence-electron chi connectivity index (χ1n) is 5.57. The van der Waals surface area contributed by atoms with Gasteiger partial charge in [-0.25, -0.2) is 4.79 Å². The van der Waals surface area contributed by atoms with Crippen LogP contribution in [-0.2, 0) is 14.3 Å². The number of carbonyl (C=O) groups is 3. The standard InChI is InChI=1S/C10H17N3O5/c1-18-7-2-6(3-7)13-10(17)12-4-8(14)11-5-9(15)16/h6-7H,2-5H2,1H3,(H,11,14)(H,15,16)(H2,12,13,17). The average Bonchev–Trinajstić information content (AvgIpc) is 2.27. The maximum absolute atomic E-state index is 11.3. The van der Waals surface area contributed by atoms with E-state index in [2.05, 4.69) is 16.0 Å². The number of hydrogen-bond donors (Lipinski definition) is 4. The van der Waals surface area contributed by atoms with Gasteiger partial charge in [0.2, 0.25) is 5.91 Å². The van der Waals surface area contributed by atoms with Crippen molar-refractivity contribution in [2.24, 2.45) is 0 Å². The van der Waals surface area contributed by atoms with Crippen LogP contribution in [0.25, 0.3) is 0 Å². The molecule has 4 N–H and O–H groups in total. The number of nitrogens with one attached hydrogen (secondary N) is 3. The average molecular weight is 259 g/mol. The number of carboxylic acids is 1. The van der Waals surface area contributed by atoms with Crippen LogP contribution in [0.5, 0.6) is 0 Å². The molecule has 18 heavy (non-hydrogen) atoms. The third kappa shape index (κ3) is 5.00. The lowest BCUT2D eigenvalue weighted by Gasteiger charge is -2.34. The van der Waals surface area contributed by atoms with Crippen LogP contribution in [0.3, 0.4) is 0 Å². The van der Waals surface area contributed by atoms with Gasteiger partial charge in [-0.05, 0) is 12.8 Å². The van der Waals surface area contributed by atoms with Crippen LogP contribution in [0.4, 0.5) is 4.79 Å². The quantitative estimate of drug-likeness (QED) is 0.471. The molecule has 0 aromatic heterocycles. The number of carbonyl (C=O) groups excluding carboxylic acids is 2. The van der Waals surface area contributed by atoms with Crippen LogP contribution in [0.15, 0.2) is 0 Å². The Labute approximate surface area is 104 Å². The fourth-order valence-electron chi connectivity index (χ4n) is 1.51. The maximum atomic E-state index is 11.3. The first kappa shape index (κ1) is 14.2. The summed E-state index contributed by atoms with van der Waals surface area (Å²) in [4.78, 5) is 32.6.